The Balaban J connectivity index is 2.30. The van der Waals surface area contributed by atoms with E-state index >= 15 is 0 Å². The molecule has 54 valence electrons. The van der Waals surface area contributed by atoms with Crippen LogP contribution in [0.4, 0.5) is 0 Å². The van der Waals surface area contributed by atoms with Crippen LogP contribution in [0.15, 0.2) is 0 Å². The maximum atomic E-state index is 5.23. The first-order valence-corrected chi connectivity index (χ1v) is 3.45. The van der Waals surface area contributed by atoms with Gasteiger partial charge in [-0.3, -0.25) is 0 Å². The van der Waals surface area contributed by atoms with Gasteiger partial charge < -0.3 is 9.47 Å². The molecule has 1 aliphatic rings. The van der Waals surface area contributed by atoms with E-state index in [1.54, 1.807) is 7.11 Å². The molecule has 0 radical (unpaired) electrons. The third kappa shape index (κ3) is 1.66. The molecule has 2 atom stereocenters. The molecule has 1 aliphatic heterocycles. The molecule has 0 amide bonds. The van der Waals surface area contributed by atoms with Crippen molar-refractivity contribution in [3.05, 3.63) is 0 Å². The minimum atomic E-state index is 0.429. The fraction of sp³-hybridized carbons (Fsp3) is 1.00. The summed E-state index contributed by atoms with van der Waals surface area (Å²) in [5.41, 5.74) is 0. The summed E-state index contributed by atoms with van der Waals surface area (Å²) in [6, 6.07) is 0. The van der Waals surface area contributed by atoms with Gasteiger partial charge in [0.05, 0.1) is 12.7 Å². The van der Waals surface area contributed by atoms with Gasteiger partial charge in [-0.15, -0.1) is 0 Å². The van der Waals surface area contributed by atoms with Gasteiger partial charge in [-0.05, 0) is 6.42 Å². The van der Waals surface area contributed by atoms with Gasteiger partial charge in [0.25, 0.3) is 0 Å². The van der Waals surface area contributed by atoms with E-state index in [0.29, 0.717) is 12.0 Å². The molecule has 0 aromatic rings. The van der Waals surface area contributed by atoms with E-state index < -0.39 is 0 Å². The van der Waals surface area contributed by atoms with Gasteiger partial charge in [0.1, 0.15) is 0 Å². The van der Waals surface area contributed by atoms with Crippen LogP contribution in [0, 0.1) is 5.92 Å². The average Bonchev–Trinajstić information content (AvgIpc) is 1.89. The monoisotopic (exact) mass is 130 g/mol. The summed E-state index contributed by atoms with van der Waals surface area (Å²) in [4.78, 5) is 0. The summed E-state index contributed by atoms with van der Waals surface area (Å²) in [5.74, 6) is 0.573. The fourth-order valence-electron chi connectivity index (χ4n) is 1.21. The van der Waals surface area contributed by atoms with Crippen LogP contribution in [0.5, 0.6) is 0 Å². The molecule has 1 rings (SSSR count). The lowest BCUT2D eigenvalue weighted by Crippen LogP contribution is -2.31. The smallest absolute Gasteiger partial charge is 0.0640 e. The first-order valence-electron chi connectivity index (χ1n) is 3.45. The highest BCUT2D eigenvalue weighted by Crippen LogP contribution is 2.15. The maximum Gasteiger partial charge on any atom is 0.0640 e. The minimum absolute atomic E-state index is 0.429. The van der Waals surface area contributed by atoms with Crippen molar-refractivity contribution in [3.8, 4) is 0 Å². The lowest BCUT2D eigenvalue weighted by atomic mass is 10.0. The summed E-state index contributed by atoms with van der Waals surface area (Å²) < 4.78 is 10.5. The predicted molar refractivity (Wildman–Crippen MR) is 35.4 cm³/mol. The van der Waals surface area contributed by atoms with Crippen LogP contribution in [0.3, 0.4) is 0 Å². The molecule has 0 aromatic carbocycles. The molecule has 2 heteroatoms. The largest absolute Gasteiger partial charge is 0.381 e. The van der Waals surface area contributed by atoms with Crippen LogP contribution in [0.25, 0.3) is 0 Å². The predicted octanol–water partition coefficient (Wildman–Crippen LogP) is 1.06. The Bertz CT molecular complexity index is 83.0. The van der Waals surface area contributed by atoms with Gasteiger partial charge in [-0.1, -0.05) is 6.92 Å². The summed E-state index contributed by atoms with van der Waals surface area (Å²) in [6.45, 7) is 3.88. The molecule has 0 aliphatic carbocycles. The first kappa shape index (κ1) is 7.03. The molecule has 2 nitrogen and oxygen atoms in total. The normalized spacial score (nSPS) is 36.7. The van der Waals surface area contributed by atoms with Crippen LogP contribution in [-0.4, -0.2) is 26.4 Å². The van der Waals surface area contributed by atoms with E-state index in [1.807, 2.05) is 0 Å². The molecule has 0 aromatic heterocycles. The Morgan fingerprint density at radius 2 is 2.33 bits per heavy atom. The van der Waals surface area contributed by atoms with Gasteiger partial charge in [0, 0.05) is 19.6 Å². The second-order valence-corrected chi connectivity index (χ2v) is 2.62. The molecular weight excluding hydrogens is 116 g/mol. The van der Waals surface area contributed by atoms with Crippen LogP contribution < -0.4 is 0 Å². The SMILES string of the molecule is COC1CCOC[C@H]1C. The van der Waals surface area contributed by atoms with E-state index in [4.69, 9.17) is 9.47 Å². The zero-order valence-electron chi connectivity index (χ0n) is 6.09. The van der Waals surface area contributed by atoms with Gasteiger partial charge >= 0.3 is 0 Å². The summed E-state index contributed by atoms with van der Waals surface area (Å²) in [7, 11) is 1.77. The number of rotatable bonds is 1. The Hall–Kier alpha value is -0.0800. The molecule has 0 N–H and O–H groups in total. The molecule has 0 bridgehead atoms. The minimum Gasteiger partial charge on any atom is -0.381 e. The van der Waals surface area contributed by atoms with Crippen molar-refractivity contribution in [3.63, 3.8) is 0 Å². The number of methoxy groups -OCH3 is 1. The number of hydrogen-bond acceptors (Lipinski definition) is 2. The van der Waals surface area contributed by atoms with Gasteiger partial charge in [-0.2, -0.15) is 0 Å². The molecule has 9 heavy (non-hydrogen) atoms. The highest BCUT2D eigenvalue weighted by Gasteiger charge is 2.20. The third-order valence-electron chi connectivity index (χ3n) is 1.86. The van der Waals surface area contributed by atoms with Crippen molar-refractivity contribution in [1.29, 1.82) is 0 Å². The van der Waals surface area contributed by atoms with Crippen LogP contribution >= 0.6 is 0 Å². The summed E-state index contributed by atoms with van der Waals surface area (Å²) in [6.07, 6.45) is 1.48. The van der Waals surface area contributed by atoms with Crippen molar-refractivity contribution in [2.24, 2.45) is 5.92 Å². The number of hydrogen-bond donors (Lipinski definition) is 0. The molecule has 0 spiro atoms. The van der Waals surface area contributed by atoms with Gasteiger partial charge in [0.15, 0.2) is 0 Å². The van der Waals surface area contributed by atoms with Crippen LogP contribution in [-0.2, 0) is 9.47 Å². The van der Waals surface area contributed by atoms with Crippen molar-refractivity contribution >= 4 is 0 Å². The third-order valence-corrected chi connectivity index (χ3v) is 1.86. The Kier molecular flexibility index (Phi) is 2.49. The Morgan fingerprint density at radius 1 is 1.56 bits per heavy atom. The van der Waals surface area contributed by atoms with Crippen molar-refractivity contribution in [2.45, 2.75) is 19.4 Å². The van der Waals surface area contributed by atoms with E-state index in [9.17, 15) is 0 Å². The van der Waals surface area contributed by atoms with E-state index in [-0.39, 0.29) is 0 Å². The summed E-state index contributed by atoms with van der Waals surface area (Å²) in [5, 5.41) is 0. The highest BCUT2D eigenvalue weighted by molar-refractivity contribution is 4.69. The van der Waals surface area contributed by atoms with Crippen molar-refractivity contribution < 1.29 is 9.47 Å². The fourth-order valence-corrected chi connectivity index (χ4v) is 1.21. The van der Waals surface area contributed by atoms with E-state index in [2.05, 4.69) is 6.92 Å². The quantitative estimate of drug-likeness (QED) is 0.528. The molecule has 1 saturated heterocycles. The summed E-state index contributed by atoms with van der Waals surface area (Å²) >= 11 is 0. The first-order chi connectivity index (χ1) is 4.34. The Morgan fingerprint density at radius 3 is 2.78 bits per heavy atom. The number of ether oxygens (including phenoxy) is 2. The van der Waals surface area contributed by atoms with Crippen LogP contribution in [0.2, 0.25) is 0 Å². The molecular formula is C7H14O2. The van der Waals surface area contributed by atoms with Crippen LogP contribution in [0.1, 0.15) is 13.3 Å². The van der Waals surface area contributed by atoms with Gasteiger partial charge in [0.2, 0.25) is 0 Å². The molecule has 1 fully saturated rings. The standard InChI is InChI=1S/C7H14O2/c1-6-5-9-4-3-7(6)8-2/h6-7H,3-5H2,1-2H3/t6-,7?/m1/s1. The van der Waals surface area contributed by atoms with E-state index in [0.717, 1.165) is 19.6 Å². The zero-order chi connectivity index (χ0) is 6.69. The molecule has 0 saturated carbocycles. The highest BCUT2D eigenvalue weighted by atomic mass is 16.5. The zero-order valence-corrected chi connectivity index (χ0v) is 6.09. The van der Waals surface area contributed by atoms with Gasteiger partial charge in [-0.25, -0.2) is 0 Å². The maximum absolute atomic E-state index is 5.23. The second kappa shape index (κ2) is 3.18. The topological polar surface area (TPSA) is 18.5 Å². The molecule has 1 heterocycles. The molecule has 1 unspecified atom stereocenters. The Labute approximate surface area is 56.2 Å². The lowest BCUT2D eigenvalue weighted by Gasteiger charge is -2.27. The second-order valence-electron chi connectivity index (χ2n) is 2.62. The van der Waals surface area contributed by atoms with Crippen molar-refractivity contribution in [2.75, 3.05) is 20.3 Å². The lowest BCUT2D eigenvalue weighted by molar-refractivity contribution is -0.0494. The van der Waals surface area contributed by atoms with Crippen molar-refractivity contribution in [1.82, 2.24) is 0 Å². The average molecular weight is 130 g/mol. The van der Waals surface area contributed by atoms with E-state index in [1.165, 1.54) is 0 Å².